The van der Waals surface area contributed by atoms with Crippen LogP contribution in [0.1, 0.15) is 32.8 Å². The van der Waals surface area contributed by atoms with Gasteiger partial charge in [0.1, 0.15) is 17.6 Å². The van der Waals surface area contributed by atoms with E-state index in [0.29, 0.717) is 21.9 Å². The number of aliphatic hydroxyl groups excluding tert-OH is 1. The van der Waals surface area contributed by atoms with Gasteiger partial charge >= 0.3 is 0 Å². The second-order valence-electron chi connectivity index (χ2n) is 7.18. The fourth-order valence-electron chi connectivity index (χ4n) is 3.69. The monoisotopic (exact) mass is 419 g/mol. The number of furan rings is 1. The van der Waals surface area contributed by atoms with Crippen LogP contribution >= 0.6 is 11.3 Å². The molecule has 0 aliphatic carbocycles. The molecule has 2 N–H and O–H groups in total. The molecule has 0 saturated carbocycles. The number of carbonyl (C=O) groups excluding carboxylic acids is 2. The largest absolute Gasteiger partial charge is 0.503 e. The van der Waals surface area contributed by atoms with Gasteiger partial charge in [-0.25, -0.2) is 4.98 Å². The van der Waals surface area contributed by atoms with Gasteiger partial charge in [-0.2, -0.15) is 0 Å². The third-order valence-electron chi connectivity index (χ3n) is 5.08. The molecule has 0 saturated heterocycles. The number of ketones is 1. The molecule has 3 aromatic heterocycles. The quantitative estimate of drug-likeness (QED) is 0.470. The van der Waals surface area contributed by atoms with Crippen molar-refractivity contribution in [3.05, 3.63) is 81.1 Å². The minimum Gasteiger partial charge on any atom is -0.503 e. The summed E-state index contributed by atoms with van der Waals surface area (Å²) in [6, 6.07) is 11.6. The number of aromatic nitrogens is 2. The van der Waals surface area contributed by atoms with Gasteiger partial charge in [-0.05, 0) is 55.1 Å². The van der Waals surface area contributed by atoms with Gasteiger partial charge in [0, 0.05) is 0 Å². The molecule has 1 amide bonds. The molecule has 8 heteroatoms. The zero-order valence-corrected chi connectivity index (χ0v) is 17.0. The molecule has 0 fully saturated rings. The number of rotatable bonds is 4. The van der Waals surface area contributed by atoms with Gasteiger partial charge in [0.05, 0.1) is 21.5 Å². The van der Waals surface area contributed by atoms with Crippen LogP contribution in [0.25, 0.3) is 11.0 Å². The number of nitrogens with one attached hydrogen (secondary N) is 1. The Morgan fingerprint density at radius 2 is 2.07 bits per heavy atom. The van der Waals surface area contributed by atoms with E-state index in [0.717, 1.165) is 11.1 Å². The zero-order chi connectivity index (χ0) is 21.0. The molecule has 4 aromatic rings. The number of hydrogen-bond donors (Lipinski definition) is 2. The molecular weight excluding hydrogens is 402 g/mol. The number of imidazole rings is 1. The maximum atomic E-state index is 13.2. The highest BCUT2D eigenvalue weighted by molar-refractivity contribution is 7.12. The first-order chi connectivity index (χ1) is 14.4. The van der Waals surface area contributed by atoms with Crippen LogP contribution in [0.2, 0.25) is 0 Å². The second-order valence-corrected chi connectivity index (χ2v) is 8.12. The van der Waals surface area contributed by atoms with Crippen molar-refractivity contribution >= 4 is 40.0 Å². The van der Waals surface area contributed by atoms with Gasteiger partial charge in [-0.1, -0.05) is 12.1 Å². The first-order valence-electron chi connectivity index (χ1n) is 9.31. The van der Waals surface area contributed by atoms with E-state index in [1.54, 1.807) is 36.6 Å². The predicted molar refractivity (Wildman–Crippen MR) is 113 cm³/mol. The summed E-state index contributed by atoms with van der Waals surface area (Å²) in [7, 11) is 0. The summed E-state index contributed by atoms with van der Waals surface area (Å²) < 4.78 is 5.78. The van der Waals surface area contributed by atoms with Crippen LogP contribution in [0.3, 0.4) is 0 Å². The molecule has 1 atom stereocenters. The van der Waals surface area contributed by atoms with Crippen molar-refractivity contribution in [1.82, 2.24) is 9.97 Å². The molecule has 150 valence electrons. The van der Waals surface area contributed by atoms with Gasteiger partial charge in [-0.3, -0.25) is 14.5 Å². The van der Waals surface area contributed by atoms with E-state index in [1.807, 2.05) is 25.1 Å². The summed E-state index contributed by atoms with van der Waals surface area (Å²) in [4.78, 5) is 35.7. The van der Waals surface area contributed by atoms with Gasteiger partial charge in [0.2, 0.25) is 11.7 Å². The Hall–Kier alpha value is -3.65. The number of Topliss-reactive ketones (excluding diaryl/α,β-unsaturated/α-hetero) is 1. The lowest BCUT2D eigenvalue weighted by Crippen LogP contribution is -2.31. The van der Waals surface area contributed by atoms with Crippen molar-refractivity contribution in [2.75, 3.05) is 4.90 Å². The molecule has 1 unspecified atom stereocenters. The number of amides is 1. The van der Waals surface area contributed by atoms with Crippen molar-refractivity contribution in [3.8, 4) is 0 Å². The van der Waals surface area contributed by atoms with Crippen LogP contribution < -0.4 is 4.90 Å². The van der Waals surface area contributed by atoms with Crippen molar-refractivity contribution in [2.45, 2.75) is 19.9 Å². The van der Waals surface area contributed by atoms with Crippen molar-refractivity contribution in [2.24, 2.45) is 0 Å². The summed E-state index contributed by atoms with van der Waals surface area (Å²) in [5.41, 5.74) is 2.45. The highest BCUT2D eigenvalue weighted by atomic mass is 32.1. The second kappa shape index (κ2) is 6.70. The number of aromatic amines is 1. The Kier molecular flexibility index (Phi) is 4.11. The molecule has 1 aliphatic rings. The number of H-pyrrole nitrogens is 1. The Morgan fingerprint density at radius 3 is 2.77 bits per heavy atom. The third-order valence-corrected chi connectivity index (χ3v) is 5.95. The highest BCUT2D eigenvalue weighted by Crippen LogP contribution is 2.42. The van der Waals surface area contributed by atoms with Gasteiger partial charge in [0.25, 0.3) is 5.91 Å². The first-order valence-corrected chi connectivity index (χ1v) is 10.2. The molecular formula is C22H17N3O4S. The normalized spacial score (nSPS) is 16.8. The van der Waals surface area contributed by atoms with Crippen molar-refractivity contribution in [1.29, 1.82) is 0 Å². The minimum atomic E-state index is -0.928. The highest BCUT2D eigenvalue weighted by Gasteiger charge is 2.47. The Balaban J connectivity index is 1.68. The SMILES string of the molecule is Cc1ccc2nc(N3C(=O)C(O)=C(C(=O)c4cccs4)C3c3ccc(C)o3)[nH]c2c1. The summed E-state index contributed by atoms with van der Waals surface area (Å²) in [5.74, 6) is -0.466. The molecule has 1 aliphatic heterocycles. The van der Waals surface area contributed by atoms with Crippen LogP contribution in [0.15, 0.2) is 63.6 Å². The van der Waals surface area contributed by atoms with Crippen LogP contribution in [0.4, 0.5) is 5.95 Å². The lowest BCUT2D eigenvalue weighted by atomic mass is 10.0. The molecule has 0 bridgehead atoms. The van der Waals surface area contributed by atoms with E-state index in [4.69, 9.17) is 4.42 Å². The summed E-state index contributed by atoms with van der Waals surface area (Å²) in [6.07, 6.45) is 0. The van der Waals surface area contributed by atoms with Crippen molar-refractivity contribution in [3.63, 3.8) is 0 Å². The molecule has 7 nitrogen and oxygen atoms in total. The number of fused-ring (bicyclic) bond motifs is 1. The number of aliphatic hydroxyl groups is 1. The van der Waals surface area contributed by atoms with Gasteiger partial charge in [0.15, 0.2) is 5.76 Å². The average molecular weight is 419 g/mol. The number of carbonyl (C=O) groups is 2. The van der Waals surface area contributed by atoms with Crippen LogP contribution in [-0.2, 0) is 4.79 Å². The Morgan fingerprint density at radius 1 is 1.23 bits per heavy atom. The number of aryl methyl sites for hydroxylation is 2. The maximum absolute atomic E-state index is 13.2. The lowest BCUT2D eigenvalue weighted by molar-refractivity contribution is -0.117. The van der Waals surface area contributed by atoms with E-state index < -0.39 is 23.5 Å². The third kappa shape index (κ3) is 2.76. The van der Waals surface area contributed by atoms with Crippen LogP contribution in [0.5, 0.6) is 0 Å². The fraction of sp³-hybridized carbons (Fsp3) is 0.136. The average Bonchev–Trinajstić information content (AvgIpc) is 3.49. The fourth-order valence-corrected chi connectivity index (χ4v) is 4.37. The minimum absolute atomic E-state index is 0.0200. The Bertz CT molecular complexity index is 1330. The number of benzene rings is 1. The summed E-state index contributed by atoms with van der Waals surface area (Å²) in [6.45, 7) is 3.74. The molecule has 30 heavy (non-hydrogen) atoms. The molecule has 0 radical (unpaired) electrons. The maximum Gasteiger partial charge on any atom is 0.296 e. The molecule has 4 heterocycles. The van der Waals surface area contributed by atoms with Gasteiger partial charge in [-0.15, -0.1) is 11.3 Å². The van der Waals surface area contributed by atoms with E-state index in [1.165, 1.54) is 16.2 Å². The van der Waals surface area contributed by atoms with Gasteiger partial charge < -0.3 is 14.5 Å². The summed E-state index contributed by atoms with van der Waals surface area (Å²) >= 11 is 1.25. The summed E-state index contributed by atoms with van der Waals surface area (Å²) in [5, 5.41) is 12.5. The molecule has 0 spiro atoms. The number of anilines is 1. The number of nitrogens with zero attached hydrogens (tertiary/aromatic N) is 2. The number of hydrogen-bond acceptors (Lipinski definition) is 6. The Labute approximate surface area is 175 Å². The number of thiophene rings is 1. The van der Waals surface area contributed by atoms with E-state index in [2.05, 4.69) is 9.97 Å². The predicted octanol–water partition coefficient (Wildman–Crippen LogP) is 4.62. The molecule has 5 rings (SSSR count). The van der Waals surface area contributed by atoms with Crippen molar-refractivity contribution < 1.29 is 19.1 Å². The smallest absolute Gasteiger partial charge is 0.296 e. The zero-order valence-electron chi connectivity index (χ0n) is 16.2. The topological polar surface area (TPSA) is 99.4 Å². The van der Waals surface area contributed by atoms with E-state index in [9.17, 15) is 14.7 Å². The lowest BCUT2D eigenvalue weighted by Gasteiger charge is -2.22. The van der Waals surface area contributed by atoms with Crippen LogP contribution in [-0.4, -0.2) is 26.8 Å². The standard InChI is InChI=1S/C22H17N3O4S/c1-11-5-7-13-14(10-11)24-22(23-13)25-18(15-8-6-12(2)29-15)17(20(27)21(25)28)19(26)16-4-3-9-30-16/h3-10,18,27H,1-2H3,(H,23,24). The van der Waals surface area contributed by atoms with E-state index in [-0.39, 0.29) is 11.5 Å². The first kappa shape index (κ1) is 18.4. The van der Waals surface area contributed by atoms with E-state index >= 15 is 0 Å². The van der Waals surface area contributed by atoms with Crippen LogP contribution in [0, 0.1) is 13.8 Å². The molecule has 1 aromatic carbocycles.